The van der Waals surface area contributed by atoms with Gasteiger partial charge in [0.05, 0.1) is 5.70 Å². The quantitative estimate of drug-likeness (QED) is 0.639. The smallest absolute Gasteiger partial charge is 0.137 e. The molecule has 0 aromatic carbocycles. The van der Waals surface area contributed by atoms with Crippen LogP contribution in [0.2, 0.25) is 0 Å². The molecule has 1 atom stereocenters. The molecule has 7 heteroatoms. The van der Waals surface area contributed by atoms with Crippen LogP contribution in [0.4, 0.5) is 0 Å². The second-order valence-corrected chi connectivity index (χ2v) is 8.54. The molecule has 1 aliphatic heterocycles. The van der Waals surface area contributed by atoms with E-state index in [0.29, 0.717) is 29.1 Å². The topological polar surface area (TPSA) is 79.7 Å². The van der Waals surface area contributed by atoms with E-state index in [1.165, 1.54) is 25.7 Å². The minimum absolute atomic E-state index is 0.436. The molecule has 1 aromatic rings. The van der Waals surface area contributed by atoms with Crippen molar-refractivity contribution in [3.63, 3.8) is 0 Å². The molecule has 3 N–H and O–H groups in total. The molecule has 1 aromatic heterocycles. The lowest BCUT2D eigenvalue weighted by Crippen LogP contribution is -2.41. The Morgan fingerprint density at radius 3 is 2.75 bits per heavy atom. The lowest BCUT2D eigenvalue weighted by molar-refractivity contribution is 0.279. The van der Waals surface area contributed by atoms with Crippen molar-refractivity contribution in [1.82, 2.24) is 15.4 Å². The molecule has 0 radical (unpaired) electrons. The zero-order valence-electron chi connectivity index (χ0n) is 18.0. The number of halogens is 1. The van der Waals surface area contributed by atoms with Gasteiger partial charge in [0.25, 0.3) is 0 Å². The number of rotatable bonds is 8. The summed E-state index contributed by atoms with van der Waals surface area (Å²) in [6.07, 6.45) is 4.83. The minimum Gasteiger partial charge on any atom is -0.397 e. The van der Waals surface area contributed by atoms with Gasteiger partial charge in [0.1, 0.15) is 16.6 Å². The van der Waals surface area contributed by atoms with Crippen LogP contribution in [0.1, 0.15) is 56.5 Å². The van der Waals surface area contributed by atoms with Gasteiger partial charge >= 0.3 is 0 Å². The summed E-state index contributed by atoms with van der Waals surface area (Å²) in [6, 6.07) is 0.497. The first-order chi connectivity index (χ1) is 13.3. The zero-order valence-corrected chi connectivity index (χ0v) is 18.8. The van der Waals surface area contributed by atoms with E-state index >= 15 is 0 Å². The van der Waals surface area contributed by atoms with Gasteiger partial charge in [-0.3, -0.25) is 9.89 Å². The Labute approximate surface area is 174 Å². The molecule has 1 fully saturated rings. The number of nitrogens with one attached hydrogen (secondary N) is 1. The fourth-order valence-electron chi connectivity index (χ4n) is 3.54. The highest BCUT2D eigenvalue weighted by atomic mass is 35.5. The first kappa shape index (κ1) is 22.9. The van der Waals surface area contributed by atoms with Crippen molar-refractivity contribution in [1.29, 1.82) is 0 Å². The fraction of sp³-hybridized carbons (Fsp3) is 0.714. The van der Waals surface area contributed by atoms with Gasteiger partial charge in [0.2, 0.25) is 0 Å². The van der Waals surface area contributed by atoms with Crippen LogP contribution in [0.15, 0.2) is 15.1 Å². The summed E-state index contributed by atoms with van der Waals surface area (Å²) in [5.74, 6) is 1.49. The Morgan fingerprint density at radius 2 is 2.14 bits per heavy atom. The Balaban J connectivity index is 2.16. The molecule has 0 bridgehead atoms. The van der Waals surface area contributed by atoms with Crippen LogP contribution in [0.25, 0.3) is 5.70 Å². The molecule has 1 saturated heterocycles. The van der Waals surface area contributed by atoms with Crippen molar-refractivity contribution < 1.29 is 4.52 Å². The molecule has 2 heterocycles. The zero-order chi connectivity index (χ0) is 20.7. The van der Waals surface area contributed by atoms with E-state index in [2.05, 4.69) is 34.2 Å². The molecule has 0 aliphatic carbocycles. The summed E-state index contributed by atoms with van der Waals surface area (Å²) < 4.78 is 5.30. The third-order valence-corrected chi connectivity index (χ3v) is 5.87. The molecule has 0 spiro atoms. The van der Waals surface area contributed by atoms with E-state index in [1.807, 2.05) is 13.8 Å². The molecule has 1 unspecified atom stereocenters. The summed E-state index contributed by atoms with van der Waals surface area (Å²) in [5, 5.41) is 8.30. The lowest BCUT2D eigenvalue weighted by atomic mass is 10.1. The van der Waals surface area contributed by atoms with Crippen molar-refractivity contribution in [2.45, 2.75) is 59.4 Å². The maximum atomic E-state index is 6.48. The van der Waals surface area contributed by atoms with Gasteiger partial charge in [-0.05, 0) is 52.1 Å². The number of likely N-dealkylation sites (tertiary alicyclic amines) is 1. The van der Waals surface area contributed by atoms with Crippen LogP contribution in [0.5, 0.6) is 0 Å². The summed E-state index contributed by atoms with van der Waals surface area (Å²) in [7, 11) is 1.69. The Morgan fingerprint density at radius 1 is 1.39 bits per heavy atom. The van der Waals surface area contributed by atoms with Crippen LogP contribution in [-0.2, 0) is 0 Å². The standard InChI is InChI=1S/C21H36ClN5O/c1-14(2)9-10-25-17-8-6-7-11-27(12-17)13-18(21(22)24-5)19(23)20-15(3)16(4)28-26-20/h14,17,25H,6-13,23H2,1-5H3/b19-18-,24-21?. The Kier molecular flexibility index (Phi) is 8.99. The highest BCUT2D eigenvalue weighted by Crippen LogP contribution is 2.23. The molecular weight excluding hydrogens is 374 g/mol. The second kappa shape index (κ2) is 11.0. The number of aliphatic imine (C=N–C) groups is 1. The number of hydrogen-bond acceptors (Lipinski definition) is 6. The molecule has 0 saturated carbocycles. The first-order valence-corrected chi connectivity index (χ1v) is 10.7. The molecule has 6 nitrogen and oxygen atoms in total. The van der Waals surface area contributed by atoms with E-state index in [1.54, 1.807) is 7.05 Å². The van der Waals surface area contributed by atoms with Gasteiger partial charge in [0, 0.05) is 37.3 Å². The normalized spacial score (nSPS) is 20.4. The average Bonchev–Trinajstić information content (AvgIpc) is 2.85. The summed E-state index contributed by atoms with van der Waals surface area (Å²) in [5.41, 5.74) is 9.47. The third-order valence-electron chi connectivity index (χ3n) is 5.47. The first-order valence-electron chi connectivity index (χ1n) is 10.3. The number of hydrogen-bond donors (Lipinski definition) is 2. The number of nitrogens with two attached hydrogens (primary N) is 1. The summed E-state index contributed by atoms with van der Waals surface area (Å²) >= 11 is 6.46. The monoisotopic (exact) mass is 409 g/mol. The molecular formula is C21H36ClN5O. The van der Waals surface area contributed by atoms with Gasteiger partial charge < -0.3 is 15.6 Å². The van der Waals surface area contributed by atoms with E-state index in [-0.39, 0.29) is 0 Å². The van der Waals surface area contributed by atoms with Gasteiger partial charge in [-0.25, -0.2) is 0 Å². The van der Waals surface area contributed by atoms with Gasteiger partial charge in [-0.15, -0.1) is 0 Å². The molecule has 0 amide bonds. The van der Waals surface area contributed by atoms with Crippen LogP contribution in [-0.4, -0.2) is 54.5 Å². The van der Waals surface area contributed by atoms with Crippen molar-refractivity contribution in [3.05, 3.63) is 22.6 Å². The van der Waals surface area contributed by atoms with Gasteiger partial charge in [-0.1, -0.05) is 37.0 Å². The van der Waals surface area contributed by atoms with E-state index < -0.39 is 0 Å². The average molecular weight is 410 g/mol. The van der Waals surface area contributed by atoms with Crippen molar-refractivity contribution >= 4 is 22.5 Å². The van der Waals surface area contributed by atoms with E-state index in [4.69, 9.17) is 21.9 Å². The highest BCUT2D eigenvalue weighted by Gasteiger charge is 2.23. The largest absolute Gasteiger partial charge is 0.397 e. The maximum absolute atomic E-state index is 6.48. The van der Waals surface area contributed by atoms with Crippen molar-refractivity contribution in [2.75, 3.05) is 33.2 Å². The summed E-state index contributed by atoms with van der Waals surface area (Å²) in [6.45, 7) is 12.1. The van der Waals surface area contributed by atoms with Crippen LogP contribution < -0.4 is 11.1 Å². The van der Waals surface area contributed by atoms with Crippen molar-refractivity contribution in [2.24, 2.45) is 16.6 Å². The highest BCUT2D eigenvalue weighted by molar-refractivity contribution is 6.70. The summed E-state index contributed by atoms with van der Waals surface area (Å²) in [4.78, 5) is 6.62. The molecule has 28 heavy (non-hydrogen) atoms. The predicted molar refractivity (Wildman–Crippen MR) is 118 cm³/mol. The predicted octanol–water partition coefficient (Wildman–Crippen LogP) is 3.72. The number of aromatic nitrogens is 1. The molecule has 158 valence electrons. The maximum Gasteiger partial charge on any atom is 0.137 e. The SMILES string of the molecule is CN=C(Cl)/C(CN1CCCCC(NCCC(C)C)C1)=C(\N)c1noc(C)c1C. The van der Waals surface area contributed by atoms with Crippen molar-refractivity contribution in [3.8, 4) is 0 Å². The van der Waals surface area contributed by atoms with E-state index in [0.717, 1.165) is 42.4 Å². The number of nitrogens with zero attached hydrogens (tertiary/aromatic N) is 3. The Bertz CT molecular complexity index is 695. The van der Waals surface area contributed by atoms with Crippen LogP contribution in [0.3, 0.4) is 0 Å². The Hall–Kier alpha value is -1.37. The molecule has 1 aliphatic rings. The number of aryl methyl sites for hydroxylation is 1. The van der Waals surface area contributed by atoms with Crippen LogP contribution >= 0.6 is 11.6 Å². The molecule has 2 rings (SSSR count). The lowest BCUT2D eigenvalue weighted by Gasteiger charge is -2.26. The van der Waals surface area contributed by atoms with Gasteiger partial charge in [0.15, 0.2) is 0 Å². The minimum atomic E-state index is 0.436. The van der Waals surface area contributed by atoms with E-state index in [9.17, 15) is 0 Å². The fourth-order valence-corrected chi connectivity index (χ4v) is 3.70. The van der Waals surface area contributed by atoms with Gasteiger partial charge in [-0.2, -0.15) is 0 Å². The van der Waals surface area contributed by atoms with Crippen LogP contribution in [0, 0.1) is 19.8 Å². The second-order valence-electron chi connectivity index (χ2n) is 8.18. The third kappa shape index (κ3) is 6.33.